The lowest BCUT2D eigenvalue weighted by molar-refractivity contribution is -0.116. The molecule has 110 valence electrons. The van der Waals surface area contributed by atoms with E-state index in [2.05, 4.69) is 15.4 Å². The van der Waals surface area contributed by atoms with Gasteiger partial charge >= 0.3 is 0 Å². The second-order valence-electron chi connectivity index (χ2n) is 4.10. The van der Waals surface area contributed by atoms with E-state index in [0.29, 0.717) is 11.5 Å². The number of nitrogens with two attached hydrogens (primary N) is 1. The third kappa shape index (κ3) is 4.71. The molecule has 2 aromatic heterocycles. The Morgan fingerprint density at radius 3 is 2.55 bits per heavy atom. The summed E-state index contributed by atoms with van der Waals surface area (Å²) in [5.41, 5.74) is 7.94. The molecule has 0 atom stereocenters. The highest BCUT2D eigenvalue weighted by Crippen LogP contribution is 2.07. The number of nitrogens with zero attached hydrogens (tertiary/aromatic N) is 3. The molecule has 2 heterocycles. The summed E-state index contributed by atoms with van der Waals surface area (Å²) in [6.07, 6.45) is 1.52. The van der Waals surface area contributed by atoms with Crippen LogP contribution in [0.2, 0.25) is 0 Å². The second-order valence-corrected chi connectivity index (χ2v) is 4.10. The van der Waals surface area contributed by atoms with E-state index in [9.17, 15) is 4.79 Å². The van der Waals surface area contributed by atoms with E-state index in [1.807, 2.05) is 19.9 Å². The fourth-order valence-electron chi connectivity index (χ4n) is 1.65. The van der Waals surface area contributed by atoms with Gasteiger partial charge in [-0.2, -0.15) is 5.10 Å². The number of aryl methyl sites for hydroxylation is 2. The molecule has 8 heteroatoms. The molecule has 0 aliphatic carbocycles. The summed E-state index contributed by atoms with van der Waals surface area (Å²) in [6, 6.07) is 5.28. The van der Waals surface area contributed by atoms with Crippen LogP contribution in [0.5, 0.6) is 0 Å². The summed E-state index contributed by atoms with van der Waals surface area (Å²) in [7, 11) is 0. The van der Waals surface area contributed by atoms with Crippen molar-refractivity contribution in [3.8, 4) is 0 Å². The number of carbonyl (C=O) groups excluding carboxylic acids is 1. The fraction of sp³-hybridized carbons (Fsp3) is 0.250. The normalized spacial score (nSPS) is 9.30. The minimum atomic E-state index is -0.146. The predicted molar refractivity (Wildman–Crippen MR) is 83.5 cm³/mol. The molecule has 0 bridgehead atoms. The molecule has 3 N–H and O–H groups in total. The second kappa shape index (κ2) is 7.72. The number of rotatable bonds is 3. The minimum Gasteiger partial charge on any atom is -0.384 e. The first kappa shape index (κ1) is 18.2. The highest BCUT2D eigenvalue weighted by atomic mass is 35.5. The third-order valence-electron chi connectivity index (χ3n) is 2.47. The smallest absolute Gasteiger partial charge is 0.246 e. The molecule has 0 aromatic carbocycles. The summed E-state index contributed by atoms with van der Waals surface area (Å²) in [6.45, 7) is 3.99. The van der Waals surface area contributed by atoms with Crippen molar-refractivity contribution in [2.45, 2.75) is 20.4 Å². The number of amides is 1. The molecule has 0 fully saturated rings. The van der Waals surface area contributed by atoms with Gasteiger partial charge in [0.2, 0.25) is 5.91 Å². The number of anilines is 2. The summed E-state index contributed by atoms with van der Waals surface area (Å²) in [5.74, 6) is 0.277. The maximum absolute atomic E-state index is 11.8. The van der Waals surface area contributed by atoms with Crippen molar-refractivity contribution in [1.29, 1.82) is 0 Å². The van der Waals surface area contributed by atoms with E-state index in [4.69, 9.17) is 5.73 Å². The lowest BCUT2D eigenvalue weighted by atomic mass is 10.4. The number of carbonyl (C=O) groups is 1. The molecule has 6 nitrogen and oxygen atoms in total. The minimum absolute atomic E-state index is 0. The number of hydrogen-bond acceptors (Lipinski definition) is 4. The first-order valence-electron chi connectivity index (χ1n) is 5.57. The van der Waals surface area contributed by atoms with Crippen LogP contribution in [0.15, 0.2) is 24.4 Å². The molecule has 0 aliphatic heterocycles. The molecule has 0 saturated heterocycles. The maximum Gasteiger partial charge on any atom is 0.246 e. The number of nitrogens with one attached hydrogen (secondary N) is 1. The lowest BCUT2D eigenvalue weighted by Gasteiger charge is -2.06. The van der Waals surface area contributed by atoms with Crippen LogP contribution in [0.4, 0.5) is 11.5 Å². The van der Waals surface area contributed by atoms with Crippen molar-refractivity contribution in [2.24, 2.45) is 0 Å². The SMILES string of the molecule is Cc1cc(C)n(CC(=O)Nc2ccc(N)nc2)n1.Cl.Cl. The highest BCUT2D eigenvalue weighted by molar-refractivity contribution is 5.90. The number of halogens is 2. The average molecular weight is 318 g/mol. The zero-order valence-electron chi connectivity index (χ0n) is 11.2. The average Bonchev–Trinajstić information content (AvgIpc) is 2.61. The van der Waals surface area contributed by atoms with Crippen LogP contribution < -0.4 is 11.1 Å². The Kier molecular flexibility index (Phi) is 7.02. The monoisotopic (exact) mass is 317 g/mol. The molecule has 0 unspecified atom stereocenters. The number of nitrogen functional groups attached to an aromatic ring is 1. The van der Waals surface area contributed by atoms with Gasteiger partial charge in [0, 0.05) is 5.69 Å². The number of pyridine rings is 1. The first-order valence-corrected chi connectivity index (χ1v) is 5.57. The van der Waals surface area contributed by atoms with Crippen LogP contribution in [0.3, 0.4) is 0 Å². The zero-order valence-corrected chi connectivity index (χ0v) is 12.8. The lowest BCUT2D eigenvalue weighted by Crippen LogP contribution is -2.20. The predicted octanol–water partition coefficient (Wildman–Crippen LogP) is 1.96. The summed E-state index contributed by atoms with van der Waals surface area (Å²) < 4.78 is 1.66. The van der Waals surface area contributed by atoms with Crippen molar-refractivity contribution < 1.29 is 4.79 Å². The van der Waals surface area contributed by atoms with E-state index in [-0.39, 0.29) is 37.3 Å². The Balaban J connectivity index is 0.00000180. The van der Waals surface area contributed by atoms with Crippen LogP contribution >= 0.6 is 24.8 Å². The van der Waals surface area contributed by atoms with Gasteiger partial charge in [-0.3, -0.25) is 9.48 Å². The van der Waals surface area contributed by atoms with E-state index in [1.54, 1.807) is 16.8 Å². The first-order chi connectivity index (χ1) is 8.54. The van der Waals surface area contributed by atoms with Crippen molar-refractivity contribution >= 4 is 42.2 Å². The highest BCUT2D eigenvalue weighted by Gasteiger charge is 2.07. The van der Waals surface area contributed by atoms with Crippen LogP contribution in [0.25, 0.3) is 0 Å². The zero-order chi connectivity index (χ0) is 13.1. The third-order valence-corrected chi connectivity index (χ3v) is 2.47. The molecule has 0 spiro atoms. The Morgan fingerprint density at radius 2 is 2.05 bits per heavy atom. The largest absolute Gasteiger partial charge is 0.384 e. The molecule has 0 aliphatic rings. The Morgan fingerprint density at radius 1 is 1.35 bits per heavy atom. The van der Waals surface area contributed by atoms with Crippen LogP contribution in [0.1, 0.15) is 11.4 Å². The molecule has 2 aromatic rings. The summed E-state index contributed by atoms with van der Waals surface area (Å²) >= 11 is 0. The van der Waals surface area contributed by atoms with E-state index in [0.717, 1.165) is 11.4 Å². The quantitative estimate of drug-likeness (QED) is 0.906. The Hall–Kier alpha value is -1.79. The summed E-state index contributed by atoms with van der Waals surface area (Å²) in [4.78, 5) is 15.7. The van der Waals surface area contributed by atoms with Gasteiger partial charge < -0.3 is 11.1 Å². The Labute approximate surface area is 129 Å². The van der Waals surface area contributed by atoms with Crippen molar-refractivity contribution in [2.75, 3.05) is 11.1 Å². The standard InChI is InChI=1S/C12H15N5O.2ClH/c1-8-5-9(2)17(16-8)7-12(18)15-10-3-4-11(13)14-6-10;;/h3-6H,7H2,1-2H3,(H2,13,14)(H,15,18);2*1H. The van der Waals surface area contributed by atoms with Crippen molar-refractivity contribution in [3.63, 3.8) is 0 Å². The molecule has 0 saturated carbocycles. The van der Waals surface area contributed by atoms with Crippen LogP contribution in [-0.4, -0.2) is 20.7 Å². The number of hydrogen-bond donors (Lipinski definition) is 2. The van der Waals surface area contributed by atoms with Crippen molar-refractivity contribution in [3.05, 3.63) is 35.8 Å². The van der Waals surface area contributed by atoms with E-state index >= 15 is 0 Å². The van der Waals surface area contributed by atoms with Gasteiger partial charge in [-0.15, -0.1) is 24.8 Å². The van der Waals surface area contributed by atoms with E-state index < -0.39 is 0 Å². The van der Waals surface area contributed by atoms with E-state index in [1.165, 1.54) is 6.20 Å². The van der Waals surface area contributed by atoms with Crippen LogP contribution in [0, 0.1) is 13.8 Å². The molecular weight excluding hydrogens is 301 g/mol. The number of aromatic nitrogens is 3. The van der Waals surface area contributed by atoms with Crippen LogP contribution in [-0.2, 0) is 11.3 Å². The fourth-order valence-corrected chi connectivity index (χ4v) is 1.65. The topological polar surface area (TPSA) is 85.8 Å². The maximum atomic E-state index is 11.8. The van der Waals surface area contributed by atoms with Gasteiger partial charge in [-0.1, -0.05) is 0 Å². The van der Waals surface area contributed by atoms with Gasteiger partial charge in [0.15, 0.2) is 0 Å². The Bertz CT molecular complexity index is 568. The van der Waals surface area contributed by atoms with Gasteiger partial charge in [0.05, 0.1) is 17.6 Å². The molecule has 1 amide bonds. The van der Waals surface area contributed by atoms with Gasteiger partial charge in [-0.05, 0) is 32.0 Å². The molecule has 0 radical (unpaired) electrons. The summed E-state index contributed by atoms with van der Waals surface area (Å²) in [5, 5.41) is 6.96. The molecule has 2 rings (SSSR count). The molecule has 20 heavy (non-hydrogen) atoms. The van der Waals surface area contributed by atoms with Gasteiger partial charge in [0.1, 0.15) is 12.4 Å². The van der Waals surface area contributed by atoms with Gasteiger partial charge in [0.25, 0.3) is 0 Å². The van der Waals surface area contributed by atoms with Gasteiger partial charge in [-0.25, -0.2) is 4.98 Å². The molecular formula is C12H17Cl2N5O. The van der Waals surface area contributed by atoms with Crippen molar-refractivity contribution in [1.82, 2.24) is 14.8 Å².